The number of carbonyl (C=O) groups excluding carboxylic acids is 1. The second kappa shape index (κ2) is 8.37. The first-order valence-electron chi connectivity index (χ1n) is 8.10. The van der Waals surface area contributed by atoms with Crippen molar-refractivity contribution < 1.29 is 9.18 Å². The zero-order valence-electron chi connectivity index (χ0n) is 14.4. The molecule has 0 spiro atoms. The number of hydrogen-bond acceptors (Lipinski definition) is 2. The van der Waals surface area contributed by atoms with Gasteiger partial charge in [0.2, 0.25) is 5.91 Å². The van der Waals surface area contributed by atoms with Gasteiger partial charge in [0, 0.05) is 41.1 Å². The van der Waals surface area contributed by atoms with Gasteiger partial charge in [-0.25, -0.2) is 9.37 Å². The van der Waals surface area contributed by atoms with E-state index in [0.717, 1.165) is 0 Å². The lowest BCUT2D eigenvalue weighted by molar-refractivity contribution is -0.117. The zero-order chi connectivity index (χ0) is 19.4. The second-order valence-corrected chi connectivity index (χ2v) is 6.77. The highest BCUT2D eigenvalue weighted by atomic mass is 35.5. The molecule has 138 valence electrons. The van der Waals surface area contributed by atoms with Crippen molar-refractivity contribution in [3.8, 4) is 0 Å². The Morgan fingerprint density at radius 1 is 1.22 bits per heavy atom. The summed E-state index contributed by atoms with van der Waals surface area (Å²) >= 11 is 11.9. The molecule has 4 nitrogen and oxygen atoms in total. The van der Waals surface area contributed by atoms with Crippen LogP contribution in [0.25, 0.3) is 6.08 Å². The van der Waals surface area contributed by atoms with E-state index in [-0.39, 0.29) is 0 Å². The fraction of sp³-hybridized carbons (Fsp3) is 0.100. The largest absolute Gasteiger partial charge is 0.338 e. The minimum absolute atomic E-state index is 0.333. The van der Waals surface area contributed by atoms with Gasteiger partial charge in [-0.3, -0.25) is 4.79 Å². The molecule has 3 aromatic rings. The maximum absolute atomic E-state index is 14.3. The average molecular weight is 404 g/mol. The van der Waals surface area contributed by atoms with Gasteiger partial charge in [0.25, 0.3) is 0 Å². The molecule has 0 aliphatic carbocycles. The van der Waals surface area contributed by atoms with E-state index in [1.165, 1.54) is 12.1 Å². The Kier molecular flexibility index (Phi) is 5.94. The highest BCUT2D eigenvalue weighted by Crippen LogP contribution is 2.23. The number of amides is 1. The number of imidazole rings is 1. The maximum Gasteiger partial charge on any atom is 0.244 e. The molecule has 27 heavy (non-hydrogen) atoms. The molecule has 1 aromatic heterocycles. The van der Waals surface area contributed by atoms with Gasteiger partial charge in [0.1, 0.15) is 17.7 Å². The van der Waals surface area contributed by atoms with E-state index in [1.54, 1.807) is 66.5 Å². The zero-order valence-corrected chi connectivity index (χ0v) is 15.9. The molecule has 0 fully saturated rings. The van der Waals surface area contributed by atoms with E-state index >= 15 is 0 Å². The topological polar surface area (TPSA) is 46.9 Å². The van der Waals surface area contributed by atoms with E-state index in [2.05, 4.69) is 10.3 Å². The van der Waals surface area contributed by atoms with E-state index in [0.29, 0.717) is 27.0 Å². The molecule has 0 aliphatic rings. The van der Waals surface area contributed by atoms with Crippen LogP contribution in [0.4, 0.5) is 4.39 Å². The maximum atomic E-state index is 14.3. The third-order valence-corrected chi connectivity index (χ3v) is 4.37. The summed E-state index contributed by atoms with van der Waals surface area (Å²) in [4.78, 5) is 16.7. The van der Waals surface area contributed by atoms with E-state index < -0.39 is 17.8 Å². The standard InChI is InChI=1S/C20H16Cl2FN3O/c1-26-9-8-24-20(26)19(16-4-2-3-5-17(16)23)25-18(27)7-6-13-10-14(21)12-15(22)11-13/h2-12,19H,1H3,(H,25,27)/b7-6+. The van der Waals surface area contributed by atoms with Gasteiger partial charge in [-0.05, 0) is 35.9 Å². The third kappa shape index (κ3) is 4.76. The number of hydrogen-bond donors (Lipinski definition) is 1. The first-order chi connectivity index (χ1) is 12.9. The summed E-state index contributed by atoms with van der Waals surface area (Å²) < 4.78 is 16.1. The van der Waals surface area contributed by atoms with Crippen LogP contribution in [0, 0.1) is 5.82 Å². The summed E-state index contributed by atoms with van der Waals surface area (Å²) in [5.41, 5.74) is 1.02. The van der Waals surface area contributed by atoms with Gasteiger partial charge < -0.3 is 9.88 Å². The van der Waals surface area contributed by atoms with Crippen LogP contribution in [-0.2, 0) is 11.8 Å². The van der Waals surface area contributed by atoms with E-state index in [9.17, 15) is 9.18 Å². The van der Waals surface area contributed by atoms with Crippen molar-refractivity contribution in [1.29, 1.82) is 0 Å². The molecule has 0 radical (unpaired) electrons. The van der Waals surface area contributed by atoms with Crippen LogP contribution in [0.5, 0.6) is 0 Å². The van der Waals surface area contributed by atoms with Crippen molar-refractivity contribution in [3.05, 3.63) is 93.7 Å². The number of halogens is 3. The molecule has 1 heterocycles. The van der Waals surface area contributed by atoms with Gasteiger partial charge in [-0.2, -0.15) is 0 Å². The van der Waals surface area contributed by atoms with E-state index in [4.69, 9.17) is 23.2 Å². The Labute approximate surface area is 166 Å². The van der Waals surface area contributed by atoms with Gasteiger partial charge in [0.05, 0.1) is 0 Å². The summed E-state index contributed by atoms with van der Waals surface area (Å²) in [6, 6.07) is 10.5. The van der Waals surface area contributed by atoms with Gasteiger partial charge in [-0.15, -0.1) is 0 Å². The van der Waals surface area contributed by atoms with Crippen LogP contribution in [0.2, 0.25) is 10.0 Å². The number of nitrogens with zero attached hydrogens (tertiary/aromatic N) is 2. The summed E-state index contributed by atoms with van der Waals surface area (Å²) in [5, 5.41) is 3.75. The summed E-state index contributed by atoms with van der Waals surface area (Å²) in [6.07, 6.45) is 6.26. The van der Waals surface area contributed by atoms with Crippen LogP contribution in [0.3, 0.4) is 0 Å². The van der Waals surface area contributed by atoms with Crippen molar-refractivity contribution >= 4 is 35.2 Å². The predicted molar refractivity (Wildman–Crippen MR) is 105 cm³/mol. The Bertz CT molecular complexity index is 980. The fourth-order valence-corrected chi connectivity index (χ4v) is 3.22. The fourth-order valence-electron chi connectivity index (χ4n) is 2.68. The third-order valence-electron chi connectivity index (χ3n) is 3.93. The molecule has 0 aliphatic heterocycles. The van der Waals surface area contributed by atoms with Crippen LogP contribution in [0.1, 0.15) is 23.0 Å². The van der Waals surface area contributed by atoms with Crippen LogP contribution >= 0.6 is 23.2 Å². The minimum atomic E-state index is -0.730. The normalized spacial score (nSPS) is 12.3. The lowest BCUT2D eigenvalue weighted by atomic mass is 10.1. The summed E-state index contributed by atoms with van der Waals surface area (Å²) in [7, 11) is 1.78. The van der Waals surface area contributed by atoms with Crippen LogP contribution in [0.15, 0.2) is 60.9 Å². The van der Waals surface area contributed by atoms with Crippen molar-refractivity contribution in [2.45, 2.75) is 6.04 Å². The molecular formula is C20H16Cl2FN3O. The molecule has 0 saturated carbocycles. The smallest absolute Gasteiger partial charge is 0.244 e. The highest BCUT2D eigenvalue weighted by molar-refractivity contribution is 6.34. The highest BCUT2D eigenvalue weighted by Gasteiger charge is 2.22. The molecule has 1 N–H and O–H groups in total. The monoisotopic (exact) mass is 403 g/mol. The first-order valence-corrected chi connectivity index (χ1v) is 8.86. The molecule has 0 saturated heterocycles. The Morgan fingerprint density at radius 3 is 2.56 bits per heavy atom. The quantitative estimate of drug-likeness (QED) is 0.622. The van der Waals surface area contributed by atoms with Crippen LogP contribution < -0.4 is 5.32 Å². The van der Waals surface area contributed by atoms with Crippen molar-refractivity contribution in [2.75, 3.05) is 0 Å². The Morgan fingerprint density at radius 2 is 1.93 bits per heavy atom. The molecule has 1 unspecified atom stereocenters. The molecule has 1 amide bonds. The molecule has 0 bridgehead atoms. The van der Waals surface area contributed by atoms with E-state index in [1.807, 2.05) is 0 Å². The lowest BCUT2D eigenvalue weighted by Crippen LogP contribution is -2.30. The number of aryl methyl sites for hydroxylation is 1. The minimum Gasteiger partial charge on any atom is -0.338 e. The number of nitrogens with one attached hydrogen (secondary N) is 1. The van der Waals surface area contributed by atoms with Gasteiger partial charge >= 0.3 is 0 Å². The molecular weight excluding hydrogens is 388 g/mol. The van der Waals surface area contributed by atoms with Crippen molar-refractivity contribution in [3.63, 3.8) is 0 Å². The van der Waals surface area contributed by atoms with Crippen LogP contribution in [-0.4, -0.2) is 15.5 Å². The predicted octanol–water partition coefficient (Wildman–Crippen LogP) is 4.79. The first kappa shape index (κ1) is 19.1. The number of rotatable bonds is 5. The Balaban J connectivity index is 1.86. The number of benzene rings is 2. The SMILES string of the molecule is Cn1ccnc1C(NC(=O)/C=C/c1cc(Cl)cc(Cl)c1)c1ccccc1F. The number of carbonyl (C=O) groups is 1. The number of aromatic nitrogens is 2. The van der Waals surface area contributed by atoms with Crippen molar-refractivity contribution in [2.24, 2.45) is 7.05 Å². The summed E-state index contributed by atoms with van der Waals surface area (Å²) in [5.74, 6) is -0.300. The van der Waals surface area contributed by atoms with Gasteiger partial charge in [0.15, 0.2) is 0 Å². The van der Waals surface area contributed by atoms with Gasteiger partial charge in [-0.1, -0.05) is 41.4 Å². The molecule has 1 atom stereocenters. The second-order valence-electron chi connectivity index (χ2n) is 5.90. The summed E-state index contributed by atoms with van der Waals surface area (Å²) in [6.45, 7) is 0. The van der Waals surface area contributed by atoms with Crippen molar-refractivity contribution in [1.82, 2.24) is 14.9 Å². The molecule has 7 heteroatoms. The lowest BCUT2D eigenvalue weighted by Gasteiger charge is -2.18. The molecule has 2 aromatic carbocycles. The Hall–Kier alpha value is -2.63. The molecule has 3 rings (SSSR count). The average Bonchev–Trinajstić information content (AvgIpc) is 3.04.